The second kappa shape index (κ2) is 9.26. The summed E-state index contributed by atoms with van der Waals surface area (Å²) >= 11 is 9.49. The zero-order valence-corrected chi connectivity index (χ0v) is 19.1. The largest absolute Gasteiger partial charge is 0.320 e. The topological polar surface area (TPSA) is 116 Å². The summed E-state index contributed by atoms with van der Waals surface area (Å²) < 4.78 is 1.71. The highest BCUT2D eigenvalue weighted by Gasteiger charge is 2.23. The van der Waals surface area contributed by atoms with Crippen molar-refractivity contribution < 1.29 is 9.59 Å². The first-order chi connectivity index (χ1) is 14.8. The Hall–Kier alpha value is -3.26. The predicted molar refractivity (Wildman–Crippen MR) is 119 cm³/mol. The number of aromatic nitrogens is 3. The standard InChI is InChI=1S/C20H17BrClN7O2/c1-11-7-12(10-23)8-13(20(31)28(3)24-2)17(11)26-19(30)15-9-16(21)27-29(15)18-14(22)5-4-6-25-18/h4-9,24H,1-3H3,(H,26,30). The molecule has 0 aliphatic carbocycles. The molecule has 11 heteroatoms. The monoisotopic (exact) mass is 501 g/mol. The molecule has 0 atom stereocenters. The van der Waals surface area contributed by atoms with Crippen LogP contribution in [0.15, 0.2) is 41.1 Å². The van der Waals surface area contributed by atoms with Crippen LogP contribution in [0.5, 0.6) is 0 Å². The summed E-state index contributed by atoms with van der Waals surface area (Å²) in [6.45, 7) is 1.70. The Morgan fingerprint density at radius 1 is 1.32 bits per heavy atom. The van der Waals surface area contributed by atoms with Gasteiger partial charge in [0.2, 0.25) is 0 Å². The minimum atomic E-state index is -0.533. The normalized spacial score (nSPS) is 10.5. The molecule has 2 aromatic heterocycles. The number of hydrogen-bond acceptors (Lipinski definition) is 6. The number of anilines is 1. The van der Waals surface area contributed by atoms with Gasteiger partial charge < -0.3 is 5.32 Å². The summed E-state index contributed by atoms with van der Waals surface area (Å²) in [5.74, 6) is -0.669. The van der Waals surface area contributed by atoms with Crippen molar-refractivity contribution in [3.63, 3.8) is 0 Å². The zero-order valence-electron chi connectivity index (χ0n) is 16.8. The maximum Gasteiger partial charge on any atom is 0.274 e. The van der Waals surface area contributed by atoms with Gasteiger partial charge in [-0.05, 0) is 52.7 Å². The van der Waals surface area contributed by atoms with Gasteiger partial charge in [-0.15, -0.1) is 0 Å². The number of pyridine rings is 1. The van der Waals surface area contributed by atoms with Crippen LogP contribution < -0.4 is 10.7 Å². The molecule has 0 unspecified atom stereocenters. The van der Waals surface area contributed by atoms with Crippen LogP contribution in [0.2, 0.25) is 5.02 Å². The number of carbonyl (C=O) groups is 2. The fraction of sp³-hybridized carbons (Fsp3) is 0.150. The summed E-state index contributed by atoms with van der Waals surface area (Å²) in [4.78, 5) is 30.2. The highest BCUT2D eigenvalue weighted by molar-refractivity contribution is 9.10. The molecule has 0 aliphatic heterocycles. The van der Waals surface area contributed by atoms with Crippen molar-refractivity contribution in [1.82, 2.24) is 25.2 Å². The SMILES string of the molecule is CNN(C)C(=O)c1cc(C#N)cc(C)c1NC(=O)c1cc(Br)nn1-c1ncccc1Cl. The second-order valence-electron chi connectivity index (χ2n) is 6.44. The van der Waals surface area contributed by atoms with Crippen molar-refractivity contribution in [2.24, 2.45) is 0 Å². The van der Waals surface area contributed by atoms with Crippen LogP contribution in [0, 0.1) is 18.3 Å². The number of nitriles is 1. The third-order valence-electron chi connectivity index (χ3n) is 4.43. The van der Waals surface area contributed by atoms with E-state index in [9.17, 15) is 14.9 Å². The van der Waals surface area contributed by atoms with Crippen molar-refractivity contribution in [1.29, 1.82) is 5.26 Å². The average Bonchev–Trinajstić information content (AvgIpc) is 3.15. The van der Waals surface area contributed by atoms with Gasteiger partial charge in [-0.3, -0.25) is 14.6 Å². The minimum Gasteiger partial charge on any atom is -0.320 e. The van der Waals surface area contributed by atoms with Gasteiger partial charge >= 0.3 is 0 Å². The number of hydrogen-bond donors (Lipinski definition) is 2. The van der Waals surface area contributed by atoms with Crippen LogP contribution in [0.1, 0.15) is 32.0 Å². The van der Waals surface area contributed by atoms with E-state index >= 15 is 0 Å². The van der Waals surface area contributed by atoms with E-state index < -0.39 is 11.8 Å². The lowest BCUT2D eigenvalue weighted by Crippen LogP contribution is -2.37. The van der Waals surface area contributed by atoms with Gasteiger partial charge in [0.25, 0.3) is 11.8 Å². The fourth-order valence-corrected chi connectivity index (χ4v) is 3.43. The van der Waals surface area contributed by atoms with E-state index in [1.807, 2.05) is 6.07 Å². The number of hydrazine groups is 1. The lowest BCUT2D eigenvalue weighted by molar-refractivity contribution is 0.0736. The molecule has 2 amide bonds. The van der Waals surface area contributed by atoms with E-state index in [2.05, 4.69) is 36.8 Å². The van der Waals surface area contributed by atoms with Gasteiger partial charge in [-0.2, -0.15) is 10.4 Å². The summed E-state index contributed by atoms with van der Waals surface area (Å²) in [6.07, 6.45) is 1.54. The quantitative estimate of drug-likeness (QED) is 0.517. The maximum absolute atomic E-state index is 13.2. The molecule has 0 aliphatic rings. The van der Waals surface area contributed by atoms with E-state index in [1.54, 1.807) is 32.2 Å². The molecule has 31 heavy (non-hydrogen) atoms. The van der Waals surface area contributed by atoms with Crippen molar-refractivity contribution in [2.45, 2.75) is 6.92 Å². The maximum atomic E-state index is 13.2. The van der Waals surface area contributed by atoms with Crippen LogP contribution in [0.25, 0.3) is 5.82 Å². The second-order valence-corrected chi connectivity index (χ2v) is 7.66. The van der Waals surface area contributed by atoms with Crippen molar-refractivity contribution >= 4 is 45.0 Å². The molecule has 0 spiro atoms. The van der Waals surface area contributed by atoms with E-state index in [0.29, 0.717) is 20.8 Å². The molecule has 2 N–H and O–H groups in total. The van der Waals surface area contributed by atoms with E-state index in [0.717, 1.165) is 0 Å². The third-order valence-corrected chi connectivity index (χ3v) is 5.11. The first-order valence-electron chi connectivity index (χ1n) is 8.94. The molecule has 0 saturated carbocycles. The number of rotatable bonds is 5. The highest BCUT2D eigenvalue weighted by atomic mass is 79.9. The van der Waals surface area contributed by atoms with Crippen LogP contribution in [-0.2, 0) is 0 Å². The van der Waals surface area contributed by atoms with Gasteiger partial charge in [0.05, 0.1) is 27.9 Å². The fourth-order valence-electron chi connectivity index (χ4n) is 2.85. The predicted octanol–water partition coefficient (Wildman–Crippen LogP) is 3.32. The third kappa shape index (κ3) is 4.59. The van der Waals surface area contributed by atoms with Gasteiger partial charge in [0.1, 0.15) is 10.3 Å². The molecule has 0 bridgehead atoms. The van der Waals surface area contributed by atoms with E-state index in [1.165, 1.54) is 35.1 Å². The Morgan fingerprint density at radius 3 is 2.71 bits per heavy atom. The summed E-state index contributed by atoms with van der Waals surface area (Å²) in [5.41, 5.74) is 4.18. The van der Waals surface area contributed by atoms with Crippen LogP contribution in [-0.4, -0.2) is 45.7 Å². The Bertz CT molecular complexity index is 1220. The van der Waals surface area contributed by atoms with Gasteiger partial charge in [0.15, 0.2) is 5.82 Å². The number of aryl methyl sites for hydroxylation is 1. The lowest BCUT2D eigenvalue weighted by atomic mass is 10.0. The Balaban J connectivity index is 2.07. The van der Waals surface area contributed by atoms with Crippen LogP contribution in [0.3, 0.4) is 0 Å². The van der Waals surface area contributed by atoms with Crippen LogP contribution in [0.4, 0.5) is 5.69 Å². The van der Waals surface area contributed by atoms with Gasteiger partial charge in [0, 0.05) is 26.4 Å². The molecular weight excluding hydrogens is 486 g/mol. The first-order valence-corrected chi connectivity index (χ1v) is 10.1. The Morgan fingerprint density at radius 2 is 2.06 bits per heavy atom. The molecule has 3 rings (SSSR count). The molecule has 0 saturated heterocycles. The Kier molecular flexibility index (Phi) is 6.70. The minimum absolute atomic E-state index is 0.150. The molecule has 9 nitrogen and oxygen atoms in total. The van der Waals surface area contributed by atoms with Gasteiger partial charge in [-0.1, -0.05) is 11.6 Å². The molecular formula is C20H17BrClN7O2. The molecule has 3 aromatic rings. The number of amides is 2. The van der Waals surface area contributed by atoms with Crippen LogP contribution >= 0.6 is 27.5 Å². The number of nitrogens with one attached hydrogen (secondary N) is 2. The summed E-state index contributed by atoms with van der Waals surface area (Å²) in [7, 11) is 3.13. The van der Waals surface area contributed by atoms with Crippen molar-refractivity contribution in [2.75, 3.05) is 19.4 Å². The lowest BCUT2D eigenvalue weighted by Gasteiger charge is -2.19. The van der Waals surface area contributed by atoms with Crippen molar-refractivity contribution in [3.8, 4) is 11.9 Å². The number of carbonyl (C=O) groups excluding carboxylic acids is 2. The molecule has 158 valence electrons. The summed E-state index contributed by atoms with van der Waals surface area (Å²) in [5, 5.41) is 17.9. The molecule has 2 heterocycles. The highest BCUT2D eigenvalue weighted by Crippen LogP contribution is 2.26. The first kappa shape index (κ1) is 22.4. The number of halogens is 2. The van der Waals surface area contributed by atoms with Gasteiger partial charge in [-0.25, -0.2) is 15.1 Å². The zero-order chi connectivity index (χ0) is 22.7. The van der Waals surface area contributed by atoms with E-state index in [4.69, 9.17) is 11.6 Å². The molecule has 0 fully saturated rings. The van der Waals surface area contributed by atoms with Crippen molar-refractivity contribution in [3.05, 3.63) is 68.5 Å². The summed E-state index contributed by atoms with van der Waals surface area (Å²) in [6, 6.07) is 9.87. The number of benzene rings is 1. The number of nitrogens with zero attached hydrogens (tertiary/aromatic N) is 5. The van der Waals surface area contributed by atoms with E-state index in [-0.39, 0.29) is 22.8 Å². The molecule has 0 radical (unpaired) electrons. The smallest absolute Gasteiger partial charge is 0.274 e. The average molecular weight is 503 g/mol. The Labute approximate surface area is 191 Å². The molecule has 1 aromatic carbocycles.